The zero-order valence-corrected chi connectivity index (χ0v) is 12.8. The van der Waals surface area contributed by atoms with Crippen molar-refractivity contribution in [2.45, 2.75) is 32.7 Å². The Bertz CT molecular complexity index is 511. The van der Waals surface area contributed by atoms with Crippen molar-refractivity contribution in [1.82, 2.24) is 5.32 Å². The Morgan fingerprint density at radius 3 is 2.62 bits per heavy atom. The molecule has 1 saturated heterocycles. The van der Waals surface area contributed by atoms with Gasteiger partial charge >= 0.3 is 0 Å². The van der Waals surface area contributed by atoms with Crippen LogP contribution in [0.15, 0.2) is 24.3 Å². The average molecular weight is 290 g/mol. The second-order valence-electron chi connectivity index (χ2n) is 5.77. The van der Waals surface area contributed by atoms with Crippen LogP contribution in [0.2, 0.25) is 0 Å². The number of hydrogen-bond donors (Lipinski definition) is 1. The molecule has 1 heterocycles. The van der Waals surface area contributed by atoms with E-state index in [9.17, 15) is 9.59 Å². The van der Waals surface area contributed by atoms with Gasteiger partial charge in [0.15, 0.2) is 0 Å². The molecule has 5 nitrogen and oxygen atoms in total. The molecule has 0 aliphatic carbocycles. The van der Waals surface area contributed by atoms with Gasteiger partial charge in [-0.2, -0.15) is 0 Å². The van der Waals surface area contributed by atoms with Gasteiger partial charge in [-0.15, -0.1) is 0 Å². The first-order chi connectivity index (χ1) is 9.99. The summed E-state index contributed by atoms with van der Waals surface area (Å²) in [5, 5.41) is 2.94. The molecule has 21 heavy (non-hydrogen) atoms. The smallest absolute Gasteiger partial charge is 0.229 e. The van der Waals surface area contributed by atoms with Crippen molar-refractivity contribution >= 4 is 17.5 Å². The summed E-state index contributed by atoms with van der Waals surface area (Å²) < 4.78 is 5.11. The van der Waals surface area contributed by atoms with Crippen molar-refractivity contribution in [2.24, 2.45) is 5.92 Å². The van der Waals surface area contributed by atoms with E-state index in [0.29, 0.717) is 25.3 Å². The first-order valence-corrected chi connectivity index (χ1v) is 7.23. The van der Waals surface area contributed by atoms with Gasteiger partial charge in [0.05, 0.1) is 13.2 Å². The normalized spacial score (nSPS) is 18.2. The van der Waals surface area contributed by atoms with Gasteiger partial charge in [0, 0.05) is 25.1 Å². The van der Waals surface area contributed by atoms with Crippen molar-refractivity contribution < 1.29 is 14.3 Å². The molecule has 0 bridgehead atoms. The number of amides is 2. The van der Waals surface area contributed by atoms with E-state index in [1.807, 2.05) is 38.1 Å². The van der Waals surface area contributed by atoms with Gasteiger partial charge in [0.1, 0.15) is 5.75 Å². The zero-order valence-electron chi connectivity index (χ0n) is 12.8. The molecule has 2 amide bonds. The molecule has 0 unspecified atom stereocenters. The molecule has 0 aromatic heterocycles. The van der Waals surface area contributed by atoms with Crippen LogP contribution < -0.4 is 15.0 Å². The van der Waals surface area contributed by atoms with Crippen LogP contribution in [0, 0.1) is 5.92 Å². The van der Waals surface area contributed by atoms with E-state index in [-0.39, 0.29) is 17.9 Å². The molecule has 114 valence electrons. The van der Waals surface area contributed by atoms with Crippen molar-refractivity contribution in [3.8, 4) is 5.75 Å². The Kier molecular flexibility index (Phi) is 4.83. The van der Waals surface area contributed by atoms with E-state index in [1.165, 1.54) is 0 Å². The molecule has 1 aromatic carbocycles. The van der Waals surface area contributed by atoms with Crippen LogP contribution in [0.4, 0.5) is 5.69 Å². The summed E-state index contributed by atoms with van der Waals surface area (Å²) in [4.78, 5) is 25.6. The highest BCUT2D eigenvalue weighted by Crippen LogP contribution is 2.24. The maximum atomic E-state index is 12.1. The van der Waals surface area contributed by atoms with E-state index in [0.717, 1.165) is 11.4 Å². The molecule has 0 spiro atoms. The lowest BCUT2D eigenvalue weighted by Crippen LogP contribution is -2.37. The van der Waals surface area contributed by atoms with Crippen LogP contribution in [-0.2, 0) is 9.59 Å². The van der Waals surface area contributed by atoms with Crippen molar-refractivity contribution in [3.63, 3.8) is 0 Å². The lowest BCUT2D eigenvalue weighted by atomic mass is 10.1. The number of benzene rings is 1. The number of rotatable bonds is 5. The van der Waals surface area contributed by atoms with Gasteiger partial charge < -0.3 is 15.0 Å². The third-order valence-electron chi connectivity index (χ3n) is 3.47. The van der Waals surface area contributed by atoms with Crippen LogP contribution in [-0.4, -0.2) is 31.5 Å². The van der Waals surface area contributed by atoms with Crippen LogP contribution in [0.25, 0.3) is 0 Å². The quantitative estimate of drug-likeness (QED) is 0.902. The number of carbonyl (C=O) groups is 2. The number of anilines is 1. The number of ether oxygens (including phenoxy) is 1. The first kappa shape index (κ1) is 15.4. The summed E-state index contributed by atoms with van der Waals surface area (Å²) in [6.07, 6.45) is 0.850. The highest BCUT2D eigenvalue weighted by Gasteiger charge is 2.31. The highest BCUT2D eigenvalue weighted by molar-refractivity contribution is 5.96. The summed E-state index contributed by atoms with van der Waals surface area (Å²) in [5.41, 5.74) is 0.835. The molecule has 0 saturated carbocycles. The maximum Gasteiger partial charge on any atom is 0.229 e. The molecule has 0 radical (unpaired) electrons. The molecule has 1 N–H and O–H groups in total. The fourth-order valence-corrected chi connectivity index (χ4v) is 2.47. The van der Waals surface area contributed by atoms with Gasteiger partial charge in [-0.25, -0.2) is 0 Å². The van der Waals surface area contributed by atoms with Crippen LogP contribution >= 0.6 is 0 Å². The van der Waals surface area contributed by atoms with Crippen molar-refractivity contribution in [1.29, 1.82) is 0 Å². The fourth-order valence-electron chi connectivity index (χ4n) is 2.47. The molecule has 1 atom stereocenters. The summed E-state index contributed by atoms with van der Waals surface area (Å²) >= 11 is 0. The minimum Gasteiger partial charge on any atom is -0.497 e. The van der Waals surface area contributed by atoms with Gasteiger partial charge in [-0.3, -0.25) is 9.59 Å². The second-order valence-corrected chi connectivity index (χ2v) is 5.77. The van der Waals surface area contributed by atoms with E-state index >= 15 is 0 Å². The van der Waals surface area contributed by atoms with Crippen LogP contribution in [0.5, 0.6) is 5.75 Å². The Balaban J connectivity index is 1.97. The number of hydrogen-bond acceptors (Lipinski definition) is 3. The molecular formula is C16H22N2O3. The number of methoxy groups -OCH3 is 1. The summed E-state index contributed by atoms with van der Waals surface area (Å²) in [6, 6.07) is 7.26. The molecule has 1 aliphatic rings. The zero-order chi connectivity index (χ0) is 15.4. The SMILES string of the molecule is COc1ccc(N2C[C@@H](NC(=O)CC(C)C)CC2=O)cc1. The summed E-state index contributed by atoms with van der Waals surface area (Å²) in [6.45, 7) is 4.53. The van der Waals surface area contributed by atoms with Crippen molar-refractivity contribution in [2.75, 3.05) is 18.6 Å². The molecule has 1 aliphatic heterocycles. The number of carbonyl (C=O) groups excluding carboxylic acids is 2. The van der Waals surface area contributed by atoms with Gasteiger partial charge in [0.25, 0.3) is 0 Å². The predicted octanol–water partition coefficient (Wildman–Crippen LogP) is 1.96. The number of nitrogens with zero attached hydrogens (tertiary/aromatic N) is 1. The van der Waals surface area contributed by atoms with Crippen LogP contribution in [0.1, 0.15) is 26.7 Å². The van der Waals surface area contributed by atoms with Crippen LogP contribution in [0.3, 0.4) is 0 Å². The third kappa shape index (κ3) is 3.97. The lowest BCUT2D eigenvalue weighted by molar-refractivity contribution is -0.122. The fraction of sp³-hybridized carbons (Fsp3) is 0.500. The Labute approximate surface area is 125 Å². The standard InChI is InChI=1S/C16H22N2O3/c1-11(2)8-15(19)17-12-9-16(20)18(10-12)13-4-6-14(21-3)7-5-13/h4-7,11-12H,8-10H2,1-3H3,(H,17,19)/t12-/m0/s1. The number of nitrogens with one attached hydrogen (secondary N) is 1. The molecule has 1 fully saturated rings. The Hall–Kier alpha value is -2.04. The van der Waals surface area contributed by atoms with Gasteiger partial charge in [0.2, 0.25) is 11.8 Å². The van der Waals surface area contributed by atoms with E-state index in [1.54, 1.807) is 12.0 Å². The molecule has 5 heteroatoms. The van der Waals surface area contributed by atoms with Crippen molar-refractivity contribution in [3.05, 3.63) is 24.3 Å². The largest absolute Gasteiger partial charge is 0.497 e. The topological polar surface area (TPSA) is 58.6 Å². The lowest BCUT2D eigenvalue weighted by Gasteiger charge is -2.18. The molecule has 1 aromatic rings. The summed E-state index contributed by atoms with van der Waals surface area (Å²) in [5.74, 6) is 1.13. The van der Waals surface area contributed by atoms with Gasteiger partial charge in [-0.1, -0.05) is 13.8 Å². The minimum absolute atomic E-state index is 0.0133. The average Bonchev–Trinajstić information content (AvgIpc) is 2.78. The second kappa shape index (κ2) is 6.61. The van der Waals surface area contributed by atoms with Gasteiger partial charge in [-0.05, 0) is 30.2 Å². The Morgan fingerprint density at radius 1 is 1.38 bits per heavy atom. The van der Waals surface area contributed by atoms with E-state index in [2.05, 4.69) is 5.32 Å². The third-order valence-corrected chi connectivity index (χ3v) is 3.47. The summed E-state index contributed by atoms with van der Waals surface area (Å²) in [7, 11) is 1.61. The maximum absolute atomic E-state index is 12.1. The predicted molar refractivity (Wildman–Crippen MR) is 81.3 cm³/mol. The monoisotopic (exact) mass is 290 g/mol. The molecular weight excluding hydrogens is 268 g/mol. The highest BCUT2D eigenvalue weighted by atomic mass is 16.5. The first-order valence-electron chi connectivity index (χ1n) is 7.23. The Morgan fingerprint density at radius 2 is 2.05 bits per heavy atom. The molecule has 2 rings (SSSR count). The van der Waals surface area contributed by atoms with E-state index in [4.69, 9.17) is 4.74 Å². The van der Waals surface area contributed by atoms with E-state index < -0.39 is 0 Å². The minimum atomic E-state index is -0.106.